The summed E-state index contributed by atoms with van der Waals surface area (Å²) < 4.78 is 5.01. The SMILES string of the molecule is C=CCOC(=O)NC1CN(C(=S)NC(=O)c2ccccc2)N=C1c1ccc(Cl)cc1. The largest absolute Gasteiger partial charge is 0.445 e. The van der Waals surface area contributed by atoms with E-state index < -0.39 is 12.1 Å². The first kappa shape index (κ1) is 21.5. The number of hydrogen-bond acceptors (Lipinski definition) is 5. The van der Waals surface area contributed by atoms with E-state index in [1.165, 1.54) is 11.1 Å². The van der Waals surface area contributed by atoms with E-state index in [9.17, 15) is 9.59 Å². The monoisotopic (exact) mass is 442 g/mol. The van der Waals surface area contributed by atoms with Crippen molar-refractivity contribution >= 4 is 46.6 Å². The molecule has 1 heterocycles. The smallest absolute Gasteiger partial charge is 0.408 e. The van der Waals surface area contributed by atoms with Crippen LogP contribution in [0.25, 0.3) is 0 Å². The number of amides is 2. The third-order valence-corrected chi connectivity index (χ3v) is 4.73. The van der Waals surface area contributed by atoms with E-state index in [0.717, 1.165) is 5.56 Å². The number of carbonyl (C=O) groups excluding carboxylic acids is 2. The van der Waals surface area contributed by atoms with Gasteiger partial charge in [-0.25, -0.2) is 9.80 Å². The summed E-state index contributed by atoms with van der Waals surface area (Å²) in [6.45, 7) is 3.83. The van der Waals surface area contributed by atoms with Crippen LogP contribution in [0.5, 0.6) is 0 Å². The van der Waals surface area contributed by atoms with Gasteiger partial charge in [0, 0.05) is 16.1 Å². The van der Waals surface area contributed by atoms with Gasteiger partial charge >= 0.3 is 6.09 Å². The van der Waals surface area contributed by atoms with E-state index >= 15 is 0 Å². The first-order valence-electron chi connectivity index (χ1n) is 9.04. The van der Waals surface area contributed by atoms with Crippen LogP contribution in [0.4, 0.5) is 4.79 Å². The minimum absolute atomic E-state index is 0.0846. The maximum Gasteiger partial charge on any atom is 0.408 e. The van der Waals surface area contributed by atoms with E-state index in [4.69, 9.17) is 28.6 Å². The zero-order valence-electron chi connectivity index (χ0n) is 15.9. The molecular weight excluding hydrogens is 424 g/mol. The van der Waals surface area contributed by atoms with Crippen molar-refractivity contribution < 1.29 is 14.3 Å². The Labute approximate surface area is 184 Å². The Hall–Kier alpha value is -3.23. The minimum Gasteiger partial charge on any atom is -0.445 e. The predicted octanol–water partition coefficient (Wildman–Crippen LogP) is 3.36. The highest BCUT2D eigenvalue weighted by Gasteiger charge is 2.32. The Balaban J connectivity index is 1.76. The number of carbonyl (C=O) groups is 2. The lowest BCUT2D eigenvalue weighted by Crippen LogP contribution is -2.46. The summed E-state index contributed by atoms with van der Waals surface area (Å²) in [5.74, 6) is -0.342. The molecule has 30 heavy (non-hydrogen) atoms. The molecule has 154 valence electrons. The summed E-state index contributed by atoms with van der Waals surface area (Å²) in [6, 6.07) is 15.2. The summed E-state index contributed by atoms with van der Waals surface area (Å²) in [5, 5.41) is 12.1. The average molecular weight is 443 g/mol. The molecule has 0 spiro atoms. The van der Waals surface area contributed by atoms with Crippen molar-refractivity contribution in [3.63, 3.8) is 0 Å². The van der Waals surface area contributed by atoms with Crippen LogP contribution in [0.2, 0.25) is 5.02 Å². The fraction of sp³-hybridized carbons (Fsp3) is 0.143. The van der Waals surface area contributed by atoms with Crippen molar-refractivity contribution in [2.75, 3.05) is 13.2 Å². The van der Waals surface area contributed by atoms with Crippen LogP contribution in [0.1, 0.15) is 15.9 Å². The van der Waals surface area contributed by atoms with Gasteiger partial charge in [0.25, 0.3) is 5.91 Å². The zero-order valence-corrected chi connectivity index (χ0v) is 17.4. The van der Waals surface area contributed by atoms with E-state index in [2.05, 4.69) is 22.3 Å². The molecule has 3 rings (SSSR count). The molecule has 0 saturated heterocycles. The van der Waals surface area contributed by atoms with Crippen LogP contribution in [-0.4, -0.2) is 47.0 Å². The van der Waals surface area contributed by atoms with Gasteiger partial charge in [-0.1, -0.05) is 54.6 Å². The number of alkyl carbamates (subject to hydrolysis) is 1. The number of rotatable bonds is 5. The van der Waals surface area contributed by atoms with Crippen molar-refractivity contribution in [1.29, 1.82) is 0 Å². The number of hydrogen-bond donors (Lipinski definition) is 2. The lowest BCUT2D eigenvalue weighted by atomic mass is 10.0. The highest BCUT2D eigenvalue weighted by atomic mass is 35.5. The van der Waals surface area contributed by atoms with Crippen molar-refractivity contribution in [1.82, 2.24) is 15.6 Å². The second-order valence-corrected chi connectivity index (χ2v) is 7.11. The Kier molecular flexibility index (Phi) is 7.16. The van der Waals surface area contributed by atoms with Gasteiger partial charge in [0.1, 0.15) is 6.61 Å². The number of hydrazone groups is 1. The molecule has 0 radical (unpaired) electrons. The molecule has 1 unspecified atom stereocenters. The number of halogens is 1. The topological polar surface area (TPSA) is 83.0 Å². The number of ether oxygens (including phenoxy) is 1. The molecule has 2 aromatic carbocycles. The van der Waals surface area contributed by atoms with Crippen molar-refractivity contribution in [3.05, 3.63) is 83.4 Å². The number of nitrogens with one attached hydrogen (secondary N) is 2. The summed E-state index contributed by atoms with van der Waals surface area (Å²) in [5.41, 5.74) is 1.80. The van der Waals surface area contributed by atoms with Crippen molar-refractivity contribution in [2.45, 2.75) is 6.04 Å². The average Bonchev–Trinajstić information content (AvgIpc) is 3.17. The van der Waals surface area contributed by atoms with Gasteiger partial charge in [-0.3, -0.25) is 10.1 Å². The summed E-state index contributed by atoms with van der Waals surface area (Å²) in [7, 11) is 0. The van der Waals surface area contributed by atoms with Crippen LogP contribution in [0.3, 0.4) is 0 Å². The second kappa shape index (κ2) is 10.00. The standard InChI is InChI=1S/C21H19ClN4O3S/c1-2-12-29-21(28)23-17-13-26(25-18(17)14-8-10-16(22)11-9-14)20(30)24-19(27)15-6-4-3-5-7-15/h2-11,17H,1,12-13H2,(H,23,28)(H,24,27,30). The summed E-state index contributed by atoms with van der Waals surface area (Å²) >= 11 is 11.3. The Morgan fingerprint density at radius 1 is 1.23 bits per heavy atom. The highest BCUT2D eigenvalue weighted by molar-refractivity contribution is 7.80. The lowest BCUT2D eigenvalue weighted by Gasteiger charge is -2.18. The van der Waals surface area contributed by atoms with Crippen LogP contribution in [0, 0.1) is 0 Å². The second-order valence-electron chi connectivity index (χ2n) is 6.28. The molecule has 1 aliphatic rings. The normalized spacial score (nSPS) is 15.2. The number of benzene rings is 2. The molecule has 0 aromatic heterocycles. The van der Waals surface area contributed by atoms with Gasteiger partial charge in [0.2, 0.25) is 0 Å². The third kappa shape index (κ3) is 5.43. The van der Waals surface area contributed by atoms with Gasteiger partial charge in [0.05, 0.1) is 18.3 Å². The van der Waals surface area contributed by atoms with Crippen molar-refractivity contribution in [3.8, 4) is 0 Å². The molecule has 1 aliphatic heterocycles. The molecule has 0 fully saturated rings. The fourth-order valence-corrected chi connectivity index (χ4v) is 3.10. The van der Waals surface area contributed by atoms with Crippen LogP contribution in [0.15, 0.2) is 72.4 Å². The maximum absolute atomic E-state index is 12.4. The lowest BCUT2D eigenvalue weighted by molar-refractivity contribution is 0.0973. The Morgan fingerprint density at radius 3 is 2.60 bits per heavy atom. The van der Waals surface area contributed by atoms with Crippen LogP contribution < -0.4 is 10.6 Å². The third-order valence-electron chi connectivity index (χ3n) is 4.17. The van der Waals surface area contributed by atoms with E-state index in [0.29, 0.717) is 16.3 Å². The Morgan fingerprint density at radius 2 is 1.93 bits per heavy atom. The Bertz CT molecular complexity index is 980. The molecule has 0 saturated carbocycles. The minimum atomic E-state index is -0.609. The molecule has 9 heteroatoms. The summed E-state index contributed by atoms with van der Waals surface area (Å²) in [4.78, 5) is 24.4. The molecule has 7 nitrogen and oxygen atoms in total. The van der Waals surface area contributed by atoms with Gasteiger partial charge in [-0.05, 0) is 36.5 Å². The van der Waals surface area contributed by atoms with Crippen molar-refractivity contribution in [2.24, 2.45) is 5.10 Å². The molecule has 0 bridgehead atoms. The van der Waals surface area contributed by atoms with E-state index in [1.54, 1.807) is 48.5 Å². The quantitative estimate of drug-likeness (QED) is 0.548. The van der Waals surface area contributed by atoms with Gasteiger partial charge in [0.15, 0.2) is 5.11 Å². The predicted molar refractivity (Wildman–Crippen MR) is 120 cm³/mol. The maximum atomic E-state index is 12.4. The van der Waals surface area contributed by atoms with Gasteiger partial charge in [-0.15, -0.1) is 0 Å². The number of thiocarbonyl (C=S) groups is 1. The fourth-order valence-electron chi connectivity index (χ4n) is 2.76. The zero-order chi connectivity index (χ0) is 21.5. The molecule has 1 atom stereocenters. The molecule has 2 amide bonds. The first-order chi connectivity index (χ1) is 14.5. The number of nitrogens with zero attached hydrogens (tertiary/aromatic N) is 2. The van der Waals surface area contributed by atoms with Gasteiger partial charge < -0.3 is 10.1 Å². The van der Waals surface area contributed by atoms with E-state index in [1.807, 2.05) is 6.07 Å². The van der Waals surface area contributed by atoms with Crippen LogP contribution in [-0.2, 0) is 4.74 Å². The highest BCUT2D eigenvalue weighted by Crippen LogP contribution is 2.18. The molecule has 0 aliphatic carbocycles. The molecular formula is C21H19ClN4O3S. The molecule has 2 N–H and O–H groups in total. The summed E-state index contributed by atoms with van der Waals surface area (Å²) in [6.07, 6.45) is 0.867. The van der Waals surface area contributed by atoms with Gasteiger partial charge in [-0.2, -0.15) is 5.10 Å². The molecule has 2 aromatic rings. The van der Waals surface area contributed by atoms with E-state index in [-0.39, 0.29) is 24.2 Å². The first-order valence-corrected chi connectivity index (χ1v) is 9.83. The van der Waals surface area contributed by atoms with Crippen LogP contribution >= 0.6 is 23.8 Å².